The molecular weight excluding hydrogens is 314 g/mol. The highest BCUT2D eigenvalue weighted by atomic mass is 79.9. The Morgan fingerprint density at radius 1 is 1.10 bits per heavy atom. The number of halogens is 1. The van der Waals surface area contributed by atoms with Crippen molar-refractivity contribution in [1.82, 2.24) is 0 Å². The van der Waals surface area contributed by atoms with Crippen LogP contribution in [-0.2, 0) is 12.8 Å². The third-order valence-corrected chi connectivity index (χ3v) is 4.35. The van der Waals surface area contributed by atoms with Gasteiger partial charge in [0, 0.05) is 16.2 Å². The van der Waals surface area contributed by atoms with Gasteiger partial charge in [0.2, 0.25) is 0 Å². The number of ether oxygens (including phenoxy) is 1. The zero-order valence-corrected chi connectivity index (χ0v) is 13.1. The van der Waals surface area contributed by atoms with Gasteiger partial charge >= 0.3 is 0 Å². The summed E-state index contributed by atoms with van der Waals surface area (Å²) in [5.41, 5.74) is 4.11. The van der Waals surface area contributed by atoms with Gasteiger partial charge in [0.15, 0.2) is 0 Å². The molecule has 1 N–H and O–H groups in total. The Labute approximate surface area is 128 Å². The summed E-state index contributed by atoms with van der Waals surface area (Å²) in [6.45, 7) is 0. The fourth-order valence-electron chi connectivity index (χ4n) is 2.77. The second kappa shape index (κ2) is 5.88. The lowest BCUT2D eigenvalue weighted by Crippen LogP contribution is -2.27. The lowest BCUT2D eigenvalue weighted by molar-refractivity contribution is 0.415. The summed E-state index contributed by atoms with van der Waals surface area (Å²) >= 11 is 3.55. The molecule has 0 fully saturated rings. The highest BCUT2D eigenvalue weighted by molar-refractivity contribution is 9.10. The summed E-state index contributed by atoms with van der Waals surface area (Å²) in [4.78, 5) is 0. The molecule has 1 unspecified atom stereocenters. The van der Waals surface area contributed by atoms with Crippen LogP contribution in [-0.4, -0.2) is 13.2 Å². The molecule has 104 valence electrons. The van der Waals surface area contributed by atoms with E-state index in [0.717, 1.165) is 24.3 Å². The lowest BCUT2D eigenvalue weighted by Gasteiger charge is -2.26. The van der Waals surface area contributed by atoms with Crippen LogP contribution in [0.5, 0.6) is 5.75 Å². The van der Waals surface area contributed by atoms with Gasteiger partial charge in [0.05, 0.1) is 7.11 Å². The minimum atomic E-state index is 0.511. The molecule has 2 aromatic carbocycles. The monoisotopic (exact) mass is 331 g/mol. The van der Waals surface area contributed by atoms with E-state index < -0.39 is 0 Å². The summed E-state index contributed by atoms with van der Waals surface area (Å²) in [6, 6.07) is 15.3. The number of benzene rings is 2. The molecule has 1 aliphatic rings. The van der Waals surface area contributed by atoms with Crippen molar-refractivity contribution in [2.24, 2.45) is 0 Å². The maximum Gasteiger partial charge on any atom is 0.119 e. The van der Waals surface area contributed by atoms with E-state index in [4.69, 9.17) is 4.74 Å². The van der Waals surface area contributed by atoms with E-state index >= 15 is 0 Å². The number of rotatable bonds is 3. The van der Waals surface area contributed by atoms with Crippen molar-refractivity contribution in [1.29, 1.82) is 0 Å². The Hall–Kier alpha value is -1.48. The van der Waals surface area contributed by atoms with Crippen LogP contribution in [0, 0.1) is 0 Å². The van der Waals surface area contributed by atoms with E-state index in [0.29, 0.717) is 6.04 Å². The Kier molecular flexibility index (Phi) is 3.97. The van der Waals surface area contributed by atoms with Gasteiger partial charge in [-0.2, -0.15) is 0 Å². The number of nitrogens with one attached hydrogen (secondary N) is 1. The molecule has 0 heterocycles. The van der Waals surface area contributed by atoms with Crippen molar-refractivity contribution in [2.75, 3.05) is 12.4 Å². The van der Waals surface area contributed by atoms with Crippen LogP contribution in [0.2, 0.25) is 0 Å². The molecule has 0 aromatic heterocycles. The van der Waals surface area contributed by atoms with E-state index in [-0.39, 0.29) is 0 Å². The van der Waals surface area contributed by atoms with Crippen molar-refractivity contribution >= 4 is 21.6 Å². The SMILES string of the molecule is COc1ccc(NC2CCc3cc(Br)ccc3C2)cc1. The fraction of sp³-hybridized carbons (Fsp3) is 0.294. The van der Waals surface area contributed by atoms with E-state index in [2.05, 4.69) is 51.6 Å². The first kappa shape index (κ1) is 13.5. The van der Waals surface area contributed by atoms with Crippen molar-refractivity contribution in [3.63, 3.8) is 0 Å². The molecular formula is C17H18BrNO. The van der Waals surface area contributed by atoms with Gasteiger partial charge in [-0.1, -0.05) is 22.0 Å². The van der Waals surface area contributed by atoms with Gasteiger partial charge in [-0.05, 0) is 66.8 Å². The summed E-state index contributed by atoms with van der Waals surface area (Å²) in [7, 11) is 1.69. The quantitative estimate of drug-likeness (QED) is 0.898. The molecule has 20 heavy (non-hydrogen) atoms. The molecule has 0 amide bonds. The Bertz CT molecular complexity index is 594. The molecule has 3 rings (SSSR count). The standard InChI is InChI=1S/C17H18BrNO/c1-20-17-8-6-15(7-9-17)19-16-5-3-12-10-14(18)4-2-13(12)11-16/h2,4,6-10,16,19H,3,5,11H2,1H3. The maximum atomic E-state index is 5.18. The van der Waals surface area contributed by atoms with Crippen LogP contribution in [0.1, 0.15) is 17.5 Å². The van der Waals surface area contributed by atoms with Gasteiger partial charge in [-0.15, -0.1) is 0 Å². The molecule has 2 nitrogen and oxygen atoms in total. The lowest BCUT2D eigenvalue weighted by atomic mass is 9.88. The van der Waals surface area contributed by atoms with Crippen LogP contribution < -0.4 is 10.1 Å². The molecule has 0 saturated heterocycles. The summed E-state index contributed by atoms with van der Waals surface area (Å²) in [5.74, 6) is 0.898. The first-order valence-corrected chi connectivity index (χ1v) is 7.72. The zero-order chi connectivity index (χ0) is 13.9. The average Bonchev–Trinajstić information content (AvgIpc) is 2.48. The summed E-state index contributed by atoms with van der Waals surface area (Å²) in [5, 5.41) is 3.62. The van der Waals surface area contributed by atoms with Gasteiger partial charge < -0.3 is 10.1 Å². The maximum absolute atomic E-state index is 5.18. The molecule has 2 aromatic rings. The minimum absolute atomic E-state index is 0.511. The van der Waals surface area contributed by atoms with Crippen LogP contribution in [0.25, 0.3) is 0 Å². The molecule has 0 bridgehead atoms. The van der Waals surface area contributed by atoms with E-state index in [1.54, 1.807) is 7.11 Å². The van der Waals surface area contributed by atoms with Gasteiger partial charge in [-0.3, -0.25) is 0 Å². The third kappa shape index (κ3) is 2.98. The number of anilines is 1. The average molecular weight is 332 g/mol. The summed E-state index contributed by atoms with van der Waals surface area (Å²) < 4.78 is 6.36. The second-order valence-corrected chi connectivity index (χ2v) is 6.14. The van der Waals surface area contributed by atoms with E-state index in [1.165, 1.54) is 22.0 Å². The van der Waals surface area contributed by atoms with E-state index in [9.17, 15) is 0 Å². The van der Waals surface area contributed by atoms with E-state index in [1.807, 2.05) is 12.1 Å². The number of hydrogen-bond donors (Lipinski definition) is 1. The highest BCUT2D eigenvalue weighted by Gasteiger charge is 2.18. The first-order valence-electron chi connectivity index (χ1n) is 6.92. The van der Waals surface area contributed by atoms with Crippen molar-refractivity contribution < 1.29 is 4.74 Å². The topological polar surface area (TPSA) is 21.3 Å². The first-order chi connectivity index (χ1) is 9.74. The zero-order valence-electron chi connectivity index (χ0n) is 11.5. The predicted molar refractivity (Wildman–Crippen MR) is 86.6 cm³/mol. The smallest absolute Gasteiger partial charge is 0.119 e. The van der Waals surface area contributed by atoms with Crippen LogP contribution in [0.4, 0.5) is 5.69 Å². The van der Waals surface area contributed by atoms with Crippen molar-refractivity contribution in [3.05, 3.63) is 58.1 Å². The van der Waals surface area contributed by atoms with Gasteiger partial charge in [0.1, 0.15) is 5.75 Å². The molecule has 0 saturated carbocycles. The van der Waals surface area contributed by atoms with Crippen LogP contribution >= 0.6 is 15.9 Å². The fourth-order valence-corrected chi connectivity index (χ4v) is 3.18. The largest absolute Gasteiger partial charge is 0.497 e. The minimum Gasteiger partial charge on any atom is -0.497 e. The molecule has 1 aliphatic carbocycles. The predicted octanol–water partition coefficient (Wildman–Crippen LogP) is 4.43. The Morgan fingerprint density at radius 3 is 2.65 bits per heavy atom. The number of hydrogen-bond acceptors (Lipinski definition) is 2. The third-order valence-electron chi connectivity index (χ3n) is 3.86. The molecule has 1 atom stereocenters. The molecule has 0 spiro atoms. The van der Waals surface area contributed by atoms with Crippen molar-refractivity contribution in [2.45, 2.75) is 25.3 Å². The number of aryl methyl sites for hydroxylation is 1. The molecule has 0 radical (unpaired) electrons. The second-order valence-electron chi connectivity index (χ2n) is 5.23. The Balaban J connectivity index is 1.69. The van der Waals surface area contributed by atoms with Crippen molar-refractivity contribution in [3.8, 4) is 5.75 Å². The van der Waals surface area contributed by atoms with Crippen LogP contribution in [0.15, 0.2) is 46.9 Å². The normalized spacial score (nSPS) is 17.4. The van der Waals surface area contributed by atoms with Crippen LogP contribution in [0.3, 0.4) is 0 Å². The van der Waals surface area contributed by atoms with Gasteiger partial charge in [0.25, 0.3) is 0 Å². The molecule has 3 heteroatoms. The Morgan fingerprint density at radius 2 is 1.90 bits per heavy atom. The number of fused-ring (bicyclic) bond motifs is 1. The highest BCUT2D eigenvalue weighted by Crippen LogP contribution is 2.27. The summed E-state index contributed by atoms with van der Waals surface area (Å²) in [6.07, 6.45) is 3.41. The van der Waals surface area contributed by atoms with Gasteiger partial charge in [-0.25, -0.2) is 0 Å². The number of methoxy groups -OCH3 is 1. The molecule has 0 aliphatic heterocycles.